The topological polar surface area (TPSA) is 25.2 Å². The number of hydrogen-bond donors (Lipinski definition) is 0. The molecule has 1 atom stereocenters. The van der Waals surface area contributed by atoms with Crippen molar-refractivity contribution in [2.24, 2.45) is 4.99 Å². The van der Waals surface area contributed by atoms with Crippen molar-refractivity contribution < 1.29 is 0 Å². The van der Waals surface area contributed by atoms with Crippen LogP contribution in [0.15, 0.2) is 23.2 Å². The van der Waals surface area contributed by atoms with E-state index in [0.29, 0.717) is 6.04 Å². The van der Waals surface area contributed by atoms with Crippen molar-refractivity contribution in [1.29, 1.82) is 0 Å². The van der Waals surface area contributed by atoms with Gasteiger partial charge in [-0.15, -0.1) is 23.1 Å². The first-order chi connectivity index (χ1) is 7.72. The maximum absolute atomic E-state index is 4.64. The first-order valence-electron chi connectivity index (χ1n) is 5.30. The molecule has 16 heavy (non-hydrogen) atoms. The van der Waals surface area contributed by atoms with Crippen LogP contribution in [0.5, 0.6) is 0 Å². The maximum Gasteiger partial charge on any atom is 0.149 e. The number of nitrogens with zero attached hydrogens (tertiary/aromatic N) is 2. The maximum atomic E-state index is 4.64. The Morgan fingerprint density at radius 1 is 1.38 bits per heavy atom. The Morgan fingerprint density at radius 3 is 3.00 bits per heavy atom. The van der Waals surface area contributed by atoms with E-state index in [1.54, 1.807) is 11.3 Å². The number of fused-ring (bicyclic) bond motifs is 1. The zero-order chi connectivity index (χ0) is 11.1. The molecular weight excluding hydrogens is 236 g/mol. The molecule has 0 spiro atoms. The Balaban J connectivity index is 2.09. The van der Waals surface area contributed by atoms with E-state index in [-0.39, 0.29) is 0 Å². The Labute approximate surface area is 103 Å². The molecule has 0 aliphatic carbocycles. The summed E-state index contributed by atoms with van der Waals surface area (Å²) in [7, 11) is 0. The molecule has 0 radical (unpaired) electrons. The molecule has 2 heterocycles. The van der Waals surface area contributed by atoms with Crippen LogP contribution >= 0.6 is 23.1 Å². The monoisotopic (exact) mass is 248 g/mol. The SMILES string of the molecule is Cc1ccc2nc(C3=N[C@H](C)CS3)sc2c1. The van der Waals surface area contributed by atoms with Crippen molar-refractivity contribution in [3.63, 3.8) is 0 Å². The van der Waals surface area contributed by atoms with Gasteiger partial charge in [0.1, 0.15) is 10.1 Å². The molecule has 1 aliphatic heterocycles. The molecular formula is C12H12N2S2. The number of aromatic nitrogens is 1. The van der Waals surface area contributed by atoms with Gasteiger partial charge in [0.15, 0.2) is 0 Å². The number of benzene rings is 1. The fraction of sp³-hybridized carbons (Fsp3) is 0.333. The first kappa shape index (κ1) is 10.3. The highest BCUT2D eigenvalue weighted by Gasteiger charge is 2.18. The highest BCUT2D eigenvalue weighted by Crippen LogP contribution is 2.29. The van der Waals surface area contributed by atoms with Crippen LogP contribution < -0.4 is 0 Å². The molecule has 3 rings (SSSR count). The van der Waals surface area contributed by atoms with Crippen molar-refractivity contribution in [3.05, 3.63) is 28.8 Å². The molecule has 0 fully saturated rings. The van der Waals surface area contributed by atoms with E-state index in [9.17, 15) is 0 Å². The summed E-state index contributed by atoms with van der Waals surface area (Å²) in [6, 6.07) is 6.83. The van der Waals surface area contributed by atoms with E-state index in [0.717, 1.165) is 21.3 Å². The molecule has 4 heteroatoms. The number of aliphatic imine (C=N–C) groups is 1. The minimum atomic E-state index is 0.439. The average Bonchev–Trinajstić information content (AvgIpc) is 2.83. The summed E-state index contributed by atoms with van der Waals surface area (Å²) in [5.41, 5.74) is 2.38. The van der Waals surface area contributed by atoms with Crippen LogP contribution in [0, 0.1) is 6.92 Å². The standard InChI is InChI=1S/C12H12N2S2/c1-7-3-4-9-10(5-7)16-12(14-9)11-13-8(2)6-15-11/h3-5,8H,6H2,1-2H3/t8-/m1/s1. The molecule has 2 nitrogen and oxygen atoms in total. The molecule has 82 valence electrons. The smallest absolute Gasteiger partial charge is 0.149 e. The van der Waals surface area contributed by atoms with Crippen LogP contribution in [-0.2, 0) is 0 Å². The fourth-order valence-corrected chi connectivity index (χ4v) is 3.87. The van der Waals surface area contributed by atoms with E-state index >= 15 is 0 Å². The van der Waals surface area contributed by atoms with Gasteiger partial charge < -0.3 is 0 Å². The predicted octanol–water partition coefficient (Wildman–Crippen LogP) is 3.49. The molecule has 0 bridgehead atoms. The highest BCUT2D eigenvalue weighted by molar-refractivity contribution is 8.15. The lowest BCUT2D eigenvalue weighted by Crippen LogP contribution is -1.93. The van der Waals surface area contributed by atoms with Gasteiger partial charge in [0.2, 0.25) is 0 Å². The molecule has 1 aromatic carbocycles. The summed E-state index contributed by atoms with van der Waals surface area (Å²) in [6.07, 6.45) is 0. The van der Waals surface area contributed by atoms with Crippen molar-refractivity contribution in [1.82, 2.24) is 4.98 Å². The van der Waals surface area contributed by atoms with Gasteiger partial charge in [-0.05, 0) is 31.5 Å². The highest BCUT2D eigenvalue weighted by atomic mass is 32.2. The average molecular weight is 248 g/mol. The van der Waals surface area contributed by atoms with E-state index in [1.165, 1.54) is 10.3 Å². The molecule has 0 N–H and O–H groups in total. The van der Waals surface area contributed by atoms with E-state index in [4.69, 9.17) is 0 Å². The van der Waals surface area contributed by atoms with Gasteiger partial charge in [-0.1, -0.05) is 6.07 Å². The summed E-state index contributed by atoms with van der Waals surface area (Å²) in [5.74, 6) is 1.09. The third-order valence-corrected chi connectivity index (χ3v) is 4.90. The van der Waals surface area contributed by atoms with Gasteiger partial charge in [-0.2, -0.15) is 0 Å². The Bertz CT molecular complexity index is 571. The molecule has 0 saturated heterocycles. The lowest BCUT2D eigenvalue weighted by atomic mass is 10.2. The minimum Gasteiger partial charge on any atom is -0.271 e. The van der Waals surface area contributed by atoms with Gasteiger partial charge in [-0.3, -0.25) is 4.99 Å². The minimum absolute atomic E-state index is 0.439. The van der Waals surface area contributed by atoms with Crippen LogP contribution in [0.4, 0.5) is 0 Å². The van der Waals surface area contributed by atoms with Crippen molar-refractivity contribution in [2.45, 2.75) is 19.9 Å². The van der Waals surface area contributed by atoms with Crippen LogP contribution in [-0.4, -0.2) is 21.8 Å². The van der Waals surface area contributed by atoms with Gasteiger partial charge in [0, 0.05) is 5.75 Å². The summed E-state index contributed by atoms with van der Waals surface area (Å²) < 4.78 is 1.26. The third-order valence-electron chi connectivity index (χ3n) is 2.53. The van der Waals surface area contributed by atoms with Gasteiger partial charge in [0.05, 0.1) is 16.3 Å². The van der Waals surface area contributed by atoms with Crippen molar-refractivity contribution in [3.8, 4) is 0 Å². The number of thioether (sulfide) groups is 1. The second-order valence-electron chi connectivity index (χ2n) is 4.08. The summed E-state index contributed by atoms with van der Waals surface area (Å²) in [4.78, 5) is 9.24. The van der Waals surface area contributed by atoms with Gasteiger partial charge >= 0.3 is 0 Å². The van der Waals surface area contributed by atoms with E-state index < -0.39 is 0 Å². The summed E-state index contributed by atoms with van der Waals surface area (Å²) in [5, 5.41) is 2.20. The number of hydrogen-bond acceptors (Lipinski definition) is 4. The number of aryl methyl sites for hydroxylation is 1. The van der Waals surface area contributed by atoms with Gasteiger partial charge in [-0.25, -0.2) is 4.98 Å². The van der Waals surface area contributed by atoms with Crippen molar-refractivity contribution >= 4 is 38.4 Å². The lowest BCUT2D eigenvalue weighted by Gasteiger charge is -1.89. The summed E-state index contributed by atoms with van der Waals surface area (Å²) >= 11 is 3.57. The Kier molecular flexibility index (Phi) is 2.48. The summed E-state index contributed by atoms with van der Waals surface area (Å²) in [6.45, 7) is 4.26. The second kappa shape index (κ2) is 3.86. The van der Waals surface area contributed by atoms with E-state index in [1.807, 2.05) is 11.8 Å². The number of thiazole rings is 1. The molecule has 1 aromatic heterocycles. The second-order valence-corrected chi connectivity index (χ2v) is 6.12. The quantitative estimate of drug-likeness (QED) is 0.772. The lowest BCUT2D eigenvalue weighted by molar-refractivity contribution is 0.865. The van der Waals surface area contributed by atoms with Gasteiger partial charge in [0.25, 0.3) is 0 Å². The van der Waals surface area contributed by atoms with Crippen LogP contribution in [0.25, 0.3) is 10.2 Å². The third kappa shape index (κ3) is 1.76. The van der Waals surface area contributed by atoms with Crippen LogP contribution in [0.1, 0.15) is 17.5 Å². The molecule has 2 aromatic rings. The predicted molar refractivity (Wildman–Crippen MR) is 72.8 cm³/mol. The van der Waals surface area contributed by atoms with Crippen LogP contribution in [0.2, 0.25) is 0 Å². The largest absolute Gasteiger partial charge is 0.271 e. The molecule has 1 aliphatic rings. The zero-order valence-electron chi connectivity index (χ0n) is 9.23. The molecule has 0 unspecified atom stereocenters. The molecule has 0 amide bonds. The molecule has 0 saturated carbocycles. The van der Waals surface area contributed by atoms with Crippen LogP contribution in [0.3, 0.4) is 0 Å². The fourth-order valence-electron chi connectivity index (χ4n) is 1.71. The Morgan fingerprint density at radius 2 is 2.25 bits per heavy atom. The first-order valence-corrected chi connectivity index (χ1v) is 7.11. The Hall–Kier alpha value is -0.870. The van der Waals surface area contributed by atoms with E-state index in [2.05, 4.69) is 42.0 Å². The van der Waals surface area contributed by atoms with Crippen molar-refractivity contribution in [2.75, 3.05) is 5.75 Å². The number of rotatable bonds is 1. The normalized spacial score (nSPS) is 20.4. The zero-order valence-corrected chi connectivity index (χ0v) is 10.9.